The lowest BCUT2D eigenvalue weighted by atomic mass is 9.47. The van der Waals surface area contributed by atoms with Crippen molar-refractivity contribution >= 4 is 5.78 Å². The van der Waals surface area contributed by atoms with Gasteiger partial charge in [-0.1, -0.05) is 19.4 Å². The lowest BCUT2D eigenvalue weighted by molar-refractivity contribution is -0.140. The van der Waals surface area contributed by atoms with E-state index in [2.05, 4.69) is 13.8 Å². The van der Waals surface area contributed by atoms with Crippen molar-refractivity contribution in [1.82, 2.24) is 0 Å². The molecular formula is C24H36O4. The van der Waals surface area contributed by atoms with Crippen LogP contribution in [-0.4, -0.2) is 40.9 Å². The van der Waals surface area contributed by atoms with Gasteiger partial charge >= 0.3 is 0 Å². The Hall–Kier alpha value is -0.710. The molecule has 4 nitrogen and oxygen atoms in total. The number of ether oxygens (including phenoxy) is 1. The van der Waals surface area contributed by atoms with Gasteiger partial charge in [0.2, 0.25) is 0 Å². The van der Waals surface area contributed by atoms with Crippen molar-refractivity contribution in [2.24, 2.45) is 34.5 Å². The molecule has 4 fully saturated rings. The van der Waals surface area contributed by atoms with Gasteiger partial charge in [0.05, 0.1) is 18.3 Å². The zero-order valence-corrected chi connectivity index (χ0v) is 17.4. The normalized spacial score (nSPS) is 53.8. The maximum absolute atomic E-state index is 13.3. The van der Waals surface area contributed by atoms with E-state index in [-0.39, 0.29) is 52.7 Å². The number of rotatable bonds is 1. The number of carbonyl (C=O) groups is 1. The van der Waals surface area contributed by atoms with Gasteiger partial charge in [0, 0.05) is 18.4 Å². The molecule has 6 unspecified atom stereocenters. The topological polar surface area (TPSA) is 66.8 Å². The van der Waals surface area contributed by atoms with E-state index >= 15 is 0 Å². The quantitative estimate of drug-likeness (QED) is 0.720. The van der Waals surface area contributed by atoms with Gasteiger partial charge in [-0.3, -0.25) is 4.79 Å². The highest BCUT2D eigenvalue weighted by molar-refractivity contribution is 5.94. The van der Waals surface area contributed by atoms with Crippen molar-refractivity contribution in [3.05, 3.63) is 11.6 Å². The molecule has 4 aliphatic carbocycles. The Morgan fingerprint density at radius 2 is 1.89 bits per heavy atom. The minimum atomic E-state index is -0.351. The third kappa shape index (κ3) is 2.63. The number of aliphatic hydroxyl groups excluding tert-OH is 2. The van der Waals surface area contributed by atoms with Crippen LogP contribution in [0.2, 0.25) is 0 Å². The summed E-state index contributed by atoms with van der Waals surface area (Å²) in [5.74, 6) is 1.08. The van der Waals surface area contributed by atoms with Gasteiger partial charge in [-0.15, -0.1) is 0 Å². The number of carbonyl (C=O) groups excluding carboxylic acids is 1. The number of fused-ring (bicyclic) bond motifs is 5. The molecule has 1 heterocycles. The molecular weight excluding hydrogens is 352 g/mol. The van der Waals surface area contributed by atoms with Crippen LogP contribution >= 0.6 is 0 Å². The maximum atomic E-state index is 13.3. The van der Waals surface area contributed by atoms with E-state index in [4.69, 9.17) is 4.74 Å². The largest absolute Gasteiger partial charge is 0.393 e. The van der Waals surface area contributed by atoms with Crippen molar-refractivity contribution in [3.63, 3.8) is 0 Å². The van der Waals surface area contributed by atoms with E-state index in [1.807, 2.05) is 6.08 Å². The van der Waals surface area contributed by atoms with E-state index in [0.717, 1.165) is 51.6 Å². The van der Waals surface area contributed by atoms with E-state index in [1.54, 1.807) is 0 Å². The first kappa shape index (κ1) is 19.3. The summed E-state index contributed by atoms with van der Waals surface area (Å²) in [5, 5.41) is 21.3. The number of allylic oxidation sites excluding steroid dienone is 1. The van der Waals surface area contributed by atoms with Crippen molar-refractivity contribution in [1.29, 1.82) is 0 Å². The van der Waals surface area contributed by atoms with Gasteiger partial charge in [0.25, 0.3) is 0 Å². The second-order valence-electron chi connectivity index (χ2n) is 10.9. The van der Waals surface area contributed by atoms with Gasteiger partial charge in [-0.05, 0) is 86.5 Å². The van der Waals surface area contributed by atoms with E-state index in [9.17, 15) is 15.0 Å². The van der Waals surface area contributed by atoms with Crippen molar-refractivity contribution in [2.75, 3.05) is 6.61 Å². The first-order valence-electron chi connectivity index (χ1n) is 11.6. The summed E-state index contributed by atoms with van der Waals surface area (Å²) in [6.45, 7) is 5.49. The van der Waals surface area contributed by atoms with Crippen molar-refractivity contribution < 1.29 is 19.7 Å². The highest BCUT2D eigenvalue weighted by atomic mass is 16.5. The monoisotopic (exact) mass is 388 g/mol. The molecule has 2 N–H and O–H groups in total. The second kappa shape index (κ2) is 6.65. The lowest BCUT2D eigenvalue weighted by Gasteiger charge is -2.57. The summed E-state index contributed by atoms with van der Waals surface area (Å²) in [4.78, 5) is 13.3. The van der Waals surface area contributed by atoms with Crippen molar-refractivity contribution in [3.8, 4) is 0 Å². The van der Waals surface area contributed by atoms with Gasteiger partial charge in [0.15, 0.2) is 5.78 Å². The molecule has 0 aromatic rings. The van der Waals surface area contributed by atoms with Crippen LogP contribution in [0.25, 0.3) is 0 Å². The molecule has 0 amide bonds. The van der Waals surface area contributed by atoms with Crippen LogP contribution in [-0.2, 0) is 9.53 Å². The van der Waals surface area contributed by atoms with E-state index in [1.165, 1.54) is 12.0 Å². The fraction of sp³-hybridized carbons (Fsp3) is 0.875. The average Bonchev–Trinajstić information content (AvgIpc) is 2.94. The summed E-state index contributed by atoms with van der Waals surface area (Å²) in [7, 11) is 0. The van der Waals surface area contributed by atoms with Crippen molar-refractivity contribution in [2.45, 2.75) is 89.9 Å². The van der Waals surface area contributed by atoms with Gasteiger partial charge in [-0.2, -0.15) is 0 Å². The minimum Gasteiger partial charge on any atom is -0.393 e. The second-order valence-corrected chi connectivity index (χ2v) is 10.9. The third-order valence-corrected chi connectivity index (χ3v) is 9.64. The summed E-state index contributed by atoms with van der Waals surface area (Å²) in [5.41, 5.74) is 1.23. The molecule has 0 radical (unpaired) electrons. The third-order valence-electron chi connectivity index (χ3n) is 9.64. The van der Waals surface area contributed by atoms with Crippen LogP contribution in [0.3, 0.4) is 0 Å². The molecule has 5 aliphatic rings. The van der Waals surface area contributed by atoms with Crippen LogP contribution in [0.15, 0.2) is 11.6 Å². The first-order chi connectivity index (χ1) is 13.3. The van der Waals surface area contributed by atoms with Gasteiger partial charge in [0.1, 0.15) is 0 Å². The van der Waals surface area contributed by atoms with Crippen LogP contribution < -0.4 is 0 Å². The smallest absolute Gasteiger partial charge is 0.159 e. The van der Waals surface area contributed by atoms with Gasteiger partial charge < -0.3 is 14.9 Å². The van der Waals surface area contributed by atoms with E-state index in [0.29, 0.717) is 12.3 Å². The SMILES string of the molecule is CC12CC[C@H](O)CC1=CC(=O)C1C2CCC2(C)C1C[C@@H](O)[C@@H]2C1CCCCO1. The Bertz CT molecular complexity index is 680. The molecule has 0 aromatic heterocycles. The Morgan fingerprint density at radius 1 is 1.07 bits per heavy atom. The van der Waals surface area contributed by atoms with Crippen LogP contribution in [0, 0.1) is 34.5 Å². The average molecular weight is 389 g/mol. The Kier molecular flexibility index (Phi) is 4.57. The molecule has 28 heavy (non-hydrogen) atoms. The summed E-state index contributed by atoms with van der Waals surface area (Å²) >= 11 is 0. The summed E-state index contributed by atoms with van der Waals surface area (Å²) in [6.07, 6.45) is 10.1. The zero-order valence-electron chi connectivity index (χ0n) is 17.4. The first-order valence-corrected chi connectivity index (χ1v) is 11.6. The summed E-state index contributed by atoms with van der Waals surface area (Å²) < 4.78 is 6.14. The number of hydrogen-bond acceptors (Lipinski definition) is 4. The fourth-order valence-corrected chi connectivity index (χ4v) is 8.16. The molecule has 4 heteroatoms. The molecule has 156 valence electrons. The molecule has 9 atom stereocenters. The Morgan fingerprint density at radius 3 is 2.64 bits per heavy atom. The molecule has 1 aliphatic heterocycles. The predicted octanol–water partition coefficient (Wildman–Crippen LogP) is 3.65. The zero-order chi connectivity index (χ0) is 19.7. The molecule has 5 rings (SSSR count). The van der Waals surface area contributed by atoms with Gasteiger partial charge in [-0.25, -0.2) is 0 Å². The van der Waals surface area contributed by atoms with Crippen LogP contribution in [0.4, 0.5) is 0 Å². The molecule has 1 saturated heterocycles. The molecule has 0 spiro atoms. The lowest BCUT2D eigenvalue weighted by Crippen LogP contribution is -2.54. The van der Waals surface area contributed by atoms with Crippen LogP contribution in [0.5, 0.6) is 0 Å². The molecule has 0 bridgehead atoms. The Balaban J connectivity index is 1.49. The van der Waals surface area contributed by atoms with Crippen LogP contribution in [0.1, 0.15) is 71.6 Å². The molecule has 3 saturated carbocycles. The fourth-order valence-electron chi connectivity index (χ4n) is 8.16. The number of hydrogen-bond donors (Lipinski definition) is 2. The molecule has 0 aromatic carbocycles. The summed E-state index contributed by atoms with van der Waals surface area (Å²) in [6, 6.07) is 0. The Labute approximate surface area is 168 Å². The maximum Gasteiger partial charge on any atom is 0.159 e. The minimum absolute atomic E-state index is 0.00582. The highest BCUT2D eigenvalue weighted by Gasteiger charge is 2.64. The highest BCUT2D eigenvalue weighted by Crippen LogP contribution is 2.66. The standard InChI is InChI=1S/C24H36O4/c1-23-8-6-15(25)11-14(23)12-18(26)21-16(23)7-9-24(2)17(21)13-19(27)22(24)20-5-3-4-10-28-20/h12,15-17,19-22,25,27H,3-11,13H2,1-2H3/t15-,16?,17?,19+,20?,21?,22+,23?,24?/m0/s1. The van der Waals surface area contributed by atoms with E-state index < -0.39 is 0 Å². The number of ketones is 1. The predicted molar refractivity (Wildman–Crippen MR) is 107 cm³/mol. The number of aliphatic hydroxyl groups is 2.